The lowest BCUT2D eigenvalue weighted by molar-refractivity contribution is -0.385. The molecule has 0 aliphatic carbocycles. The maximum Gasteiger partial charge on any atom is 0.329 e. The summed E-state index contributed by atoms with van der Waals surface area (Å²) in [6, 6.07) is 12.1. The Balaban J connectivity index is 2.14. The smallest absolute Gasteiger partial charge is 0.329 e. The third-order valence-corrected chi connectivity index (χ3v) is 3.53. The second kappa shape index (κ2) is 8.02. The molecule has 0 aromatic heterocycles. The fourth-order valence-electron chi connectivity index (χ4n) is 2.30. The van der Waals surface area contributed by atoms with Gasteiger partial charge in [-0.15, -0.1) is 0 Å². The Hall–Kier alpha value is -3.26. The zero-order valence-corrected chi connectivity index (χ0v) is 13.0. The minimum absolute atomic E-state index is 0.0293. The van der Waals surface area contributed by atoms with E-state index in [9.17, 15) is 29.9 Å². The van der Waals surface area contributed by atoms with Gasteiger partial charge in [-0.3, -0.25) is 14.9 Å². The van der Waals surface area contributed by atoms with Gasteiger partial charge in [-0.05, 0) is 11.1 Å². The molecule has 0 saturated carbocycles. The molecule has 2 rings (SSSR count). The fraction of sp³-hybridized carbons (Fsp3) is 0.176. The quantitative estimate of drug-likeness (QED) is 0.515. The molecule has 1 amide bonds. The van der Waals surface area contributed by atoms with Crippen molar-refractivity contribution in [1.82, 2.24) is 5.32 Å². The molecule has 3 N–H and O–H groups in total. The molecule has 0 saturated heterocycles. The second-order valence-electron chi connectivity index (χ2n) is 5.34. The summed E-state index contributed by atoms with van der Waals surface area (Å²) >= 11 is 0. The number of carbonyl (C=O) groups is 2. The summed E-state index contributed by atoms with van der Waals surface area (Å²) < 4.78 is 0. The zero-order chi connectivity index (χ0) is 18.4. The molecular weight excluding hydrogens is 328 g/mol. The highest BCUT2D eigenvalue weighted by atomic mass is 16.6. The minimum Gasteiger partial charge on any atom is -0.480 e. The van der Waals surface area contributed by atoms with Crippen LogP contribution in [0, 0.1) is 10.1 Å². The molecule has 0 heterocycles. The van der Waals surface area contributed by atoms with Crippen molar-refractivity contribution < 1.29 is 24.7 Å². The molecule has 8 nitrogen and oxygen atoms in total. The van der Waals surface area contributed by atoms with Crippen LogP contribution in [0.1, 0.15) is 17.2 Å². The predicted molar refractivity (Wildman–Crippen MR) is 87.8 cm³/mol. The molecular formula is C17H16N2O6. The number of aliphatic hydroxyl groups excluding tert-OH is 1. The van der Waals surface area contributed by atoms with E-state index in [0.29, 0.717) is 5.56 Å². The van der Waals surface area contributed by atoms with Gasteiger partial charge in [-0.25, -0.2) is 4.79 Å². The molecule has 130 valence electrons. The maximum atomic E-state index is 12.0. The Bertz CT molecular complexity index is 778. The van der Waals surface area contributed by atoms with Crippen molar-refractivity contribution >= 4 is 17.6 Å². The highest BCUT2D eigenvalue weighted by molar-refractivity contribution is 5.85. The Morgan fingerprint density at radius 3 is 2.40 bits per heavy atom. The third-order valence-electron chi connectivity index (χ3n) is 3.53. The van der Waals surface area contributed by atoms with Gasteiger partial charge in [0.25, 0.3) is 5.69 Å². The van der Waals surface area contributed by atoms with Gasteiger partial charge in [0, 0.05) is 12.1 Å². The lowest BCUT2D eigenvalue weighted by atomic mass is 10.0. The number of nitrogens with zero attached hydrogens (tertiary/aromatic N) is 1. The highest BCUT2D eigenvalue weighted by Gasteiger charge is 2.30. The highest BCUT2D eigenvalue weighted by Crippen LogP contribution is 2.22. The van der Waals surface area contributed by atoms with Crippen molar-refractivity contribution in [2.75, 3.05) is 0 Å². The predicted octanol–water partition coefficient (Wildman–Crippen LogP) is 1.44. The van der Waals surface area contributed by atoms with Crippen LogP contribution in [-0.2, 0) is 16.0 Å². The molecule has 0 spiro atoms. The largest absolute Gasteiger partial charge is 0.480 e. The average Bonchev–Trinajstić information content (AvgIpc) is 2.60. The Kier molecular flexibility index (Phi) is 5.80. The van der Waals surface area contributed by atoms with Gasteiger partial charge in [0.2, 0.25) is 5.91 Å². The van der Waals surface area contributed by atoms with E-state index in [0.717, 1.165) is 6.07 Å². The van der Waals surface area contributed by atoms with Crippen LogP contribution in [0.4, 0.5) is 5.69 Å². The molecule has 25 heavy (non-hydrogen) atoms. The number of rotatable bonds is 7. The summed E-state index contributed by atoms with van der Waals surface area (Å²) in [6.45, 7) is 0. The molecule has 2 aromatic carbocycles. The molecule has 0 unspecified atom stereocenters. The summed E-state index contributed by atoms with van der Waals surface area (Å²) in [7, 11) is 0. The number of hydrogen-bond donors (Lipinski definition) is 3. The average molecular weight is 344 g/mol. The van der Waals surface area contributed by atoms with Crippen molar-refractivity contribution in [1.29, 1.82) is 0 Å². The number of carboxylic acid groups (broad SMARTS) is 1. The Labute approximate surface area is 142 Å². The van der Waals surface area contributed by atoms with Crippen molar-refractivity contribution in [3.8, 4) is 0 Å². The van der Waals surface area contributed by atoms with Gasteiger partial charge in [0.05, 0.1) is 11.3 Å². The van der Waals surface area contributed by atoms with E-state index in [2.05, 4.69) is 5.32 Å². The second-order valence-corrected chi connectivity index (χ2v) is 5.34. The van der Waals surface area contributed by atoms with E-state index in [1.54, 1.807) is 30.3 Å². The van der Waals surface area contributed by atoms with Gasteiger partial charge in [-0.1, -0.05) is 42.5 Å². The van der Waals surface area contributed by atoms with Crippen LogP contribution in [0.5, 0.6) is 0 Å². The monoisotopic (exact) mass is 344 g/mol. The first-order chi connectivity index (χ1) is 11.9. The number of amides is 1. The van der Waals surface area contributed by atoms with Crippen molar-refractivity contribution in [3.63, 3.8) is 0 Å². The number of aliphatic hydroxyl groups is 1. The molecule has 0 aliphatic heterocycles. The topological polar surface area (TPSA) is 130 Å². The number of carbonyl (C=O) groups excluding carboxylic acids is 1. The first-order valence-corrected chi connectivity index (χ1v) is 7.37. The fourth-order valence-corrected chi connectivity index (χ4v) is 2.30. The molecule has 0 bridgehead atoms. The van der Waals surface area contributed by atoms with E-state index in [-0.39, 0.29) is 17.7 Å². The van der Waals surface area contributed by atoms with Crippen molar-refractivity contribution in [2.45, 2.75) is 18.6 Å². The number of aliphatic carboxylic acids is 1. The van der Waals surface area contributed by atoms with E-state index in [4.69, 9.17) is 0 Å². The number of nitro benzene ring substituents is 1. The summed E-state index contributed by atoms with van der Waals surface area (Å²) in [5.74, 6) is -2.02. The van der Waals surface area contributed by atoms with Crippen LogP contribution in [0.3, 0.4) is 0 Å². The van der Waals surface area contributed by atoms with Crippen LogP contribution in [0.25, 0.3) is 0 Å². The van der Waals surface area contributed by atoms with Gasteiger partial charge >= 0.3 is 5.97 Å². The van der Waals surface area contributed by atoms with Crippen LogP contribution >= 0.6 is 0 Å². The van der Waals surface area contributed by atoms with Gasteiger partial charge in [0.15, 0.2) is 6.04 Å². The number of non-ortho nitro benzene ring substituents is 1. The number of nitro groups is 1. The Morgan fingerprint density at radius 1 is 1.12 bits per heavy atom. The first kappa shape index (κ1) is 18.1. The lowest BCUT2D eigenvalue weighted by Crippen LogP contribution is -2.45. The third kappa shape index (κ3) is 4.85. The standard InChI is InChI=1S/C17H16N2O6/c20-14(9-11-5-2-1-3-6-11)18-15(17(22)23)16(21)12-7-4-8-13(10-12)19(24)25/h1-8,10,15-16,21H,9H2,(H,18,20)(H,22,23)/t15-,16+/m1/s1. The van der Waals surface area contributed by atoms with Crippen molar-refractivity contribution in [2.24, 2.45) is 0 Å². The molecule has 0 radical (unpaired) electrons. The van der Waals surface area contributed by atoms with Crippen LogP contribution in [0.2, 0.25) is 0 Å². The zero-order valence-electron chi connectivity index (χ0n) is 13.0. The first-order valence-electron chi connectivity index (χ1n) is 7.37. The molecule has 8 heteroatoms. The van der Waals surface area contributed by atoms with Crippen molar-refractivity contribution in [3.05, 3.63) is 75.8 Å². The summed E-state index contributed by atoms with van der Waals surface area (Å²) in [5, 5.41) is 32.6. The molecule has 2 aromatic rings. The molecule has 0 aliphatic rings. The minimum atomic E-state index is -1.63. The molecule has 2 atom stereocenters. The van der Waals surface area contributed by atoms with E-state index < -0.39 is 28.9 Å². The lowest BCUT2D eigenvalue weighted by Gasteiger charge is -2.20. The number of nitrogens with one attached hydrogen (secondary N) is 1. The Morgan fingerprint density at radius 2 is 1.80 bits per heavy atom. The summed E-state index contributed by atoms with van der Waals surface area (Å²) in [5.41, 5.74) is 0.437. The summed E-state index contributed by atoms with van der Waals surface area (Å²) in [6.07, 6.45) is -1.68. The van der Waals surface area contributed by atoms with Crippen LogP contribution in [-0.4, -0.2) is 33.1 Å². The van der Waals surface area contributed by atoms with Gasteiger partial charge in [0.1, 0.15) is 6.10 Å². The van der Waals surface area contributed by atoms with Gasteiger partial charge < -0.3 is 15.5 Å². The van der Waals surface area contributed by atoms with Crippen LogP contribution in [0.15, 0.2) is 54.6 Å². The maximum absolute atomic E-state index is 12.0. The normalized spacial score (nSPS) is 12.8. The summed E-state index contributed by atoms with van der Waals surface area (Å²) in [4.78, 5) is 33.6. The van der Waals surface area contributed by atoms with E-state index in [1.165, 1.54) is 18.2 Å². The van der Waals surface area contributed by atoms with Crippen LogP contribution < -0.4 is 5.32 Å². The number of hydrogen-bond acceptors (Lipinski definition) is 5. The van der Waals surface area contributed by atoms with E-state index in [1.807, 2.05) is 0 Å². The number of benzene rings is 2. The van der Waals surface area contributed by atoms with Gasteiger partial charge in [-0.2, -0.15) is 0 Å². The molecule has 0 fully saturated rings. The number of carboxylic acids is 1. The SMILES string of the molecule is O=C(Cc1ccccc1)N[C@@H](C(=O)O)[C@@H](O)c1cccc([N+](=O)[O-])c1. The van der Waals surface area contributed by atoms with E-state index >= 15 is 0 Å².